The number of hydrogen-bond donors (Lipinski definition) is 1. The maximum Gasteiger partial charge on any atom is 0.125 e. The van der Waals surface area contributed by atoms with Gasteiger partial charge in [0.15, 0.2) is 0 Å². The summed E-state index contributed by atoms with van der Waals surface area (Å²) in [6.45, 7) is 9.65. The molecule has 0 unspecified atom stereocenters. The molecule has 0 aliphatic carbocycles. The van der Waals surface area contributed by atoms with E-state index >= 15 is 0 Å². The molecule has 0 spiro atoms. The number of nitrogens with one attached hydrogen (secondary N) is 1. The Bertz CT molecular complexity index is 443. The minimum Gasteiger partial charge on any atom is -0.493 e. The van der Waals surface area contributed by atoms with Crippen LogP contribution in [0.5, 0.6) is 5.75 Å². The Labute approximate surface area is 121 Å². The minimum absolute atomic E-state index is 0.208. The molecule has 3 heteroatoms. The highest BCUT2D eigenvalue weighted by atomic mass is 35.5. The van der Waals surface area contributed by atoms with E-state index in [4.69, 9.17) is 16.3 Å². The topological polar surface area (TPSA) is 21.3 Å². The summed E-state index contributed by atoms with van der Waals surface area (Å²) in [6, 6.07) is 4.10. The average molecular weight is 282 g/mol. The fraction of sp³-hybridized carbons (Fsp3) is 0.625. The number of rotatable bonds is 6. The van der Waals surface area contributed by atoms with Gasteiger partial charge in [-0.2, -0.15) is 0 Å². The lowest BCUT2D eigenvalue weighted by atomic mass is 9.85. The zero-order chi connectivity index (χ0) is 13.9. The van der Waals surface area contributed by atoms with Crippen LogP contribution in [0.25, 0.3) is 0 Å². The van der Waals surface area contributed by atoms with Crippen LogP contribution >= 0.6 is 11.6 Å². The lowest BCUT2D eigenvalue weighted by Crippen LogP contribution is -2.31. The summed E-state index contributed by atoms with van der Waals surface area (Å²) in [6.07, 6.45) is 3.15. The Kier molecular flexibility index (Phi) is 4.75. The molecule has 1 N–H and O–H groups in total. The molecule has 1 aromatic carbocycles. The highest BCUT2D eigenvalue weighted by Crippen LogP contribution is 2.36. The summed E-state index contributed by atoms with van der Waals surface area (Å²) in [7, 11) is 0. The maximum absolute atomic E-state index is 6.21. The van der Waals surface area contributed by atoms with E-state index in [0.29, 0.717) is 0 Å². The van der Waals surface area contributed by atoms with Crippen LogP contribution in [0.2, 0.25) is 5.02 Å². The van der Waals surface area contributed by atoms with E-state index < -0.39 is 0 Å². The molecule has 1 heterocycles. The Morgan fingerprint density at radius 2 is 2.16 bits per heavy atom. The van der Waals surface area contributed by atoms with Gasteiger partial charge in [-0.1, -0.05) is 32.4 Å². The predicted octanol–water partition coefficient (Wildman–Crippen LogP) is 3.84. The van der Waals surface area contributed by atoms with Crippen LogP contribution in [0.15, 0.2) is 12.1 Å². The molecule has 106 valence electrons. The molecule has 1 aliphatic rings. The Morgan fingerprint density at radius 3 is 2.89 bits per heavy atom. The van der Waals surface area contributed by atoms with Crippen LogP contribution in [0.4, 0.5) is 0 Å². The summed E-state index contributed by atoms with van der Waals surface area (Å²) < 4.78 is 5.78. The van der Waals surface area contributed by atoms with Gasteiger partial charge < -0.3 is 10.1 Å². The van der Waals surface area contributed by atoms with Crippen LogP contribution < -0.4 is 10.1 Å². The monoisotopic (exact) mass is 281 g/mol. The van der Waals surface area contributed by atoms with E-state index in [9.17, 15) is 0 Å². The van der Waals surface area contributed by atoms with Crippen molar-refractivity contribution in [3.8, 4) is 5.75 Å². The van der Waals surface area contributed by atoms with Gasteiger partial charge in [-0.15, -0.1) is 0 Å². The molecule has 19 heavy (non-hydrogen) atoms. The average Bonchev–Trinajstić information content (AvgIpc) is 2.76. The van der Waals surface area contributed by atoms with Gasteiger partial charge in [-0.25, -0.2) is 0 Å². The maximum atomic E-state index is 6.21. The van der Waals surface area contributed by atoms with Gasteiger partial charge in [0.25, 0.3) is 0 Å². The highest BCUT2D eigenvalue weighted by Gasteiger charge is 2.24. The van der Waals surface area contributed by atoms with Gasteiger partial charge in [-0.3, -0.25) is 0 Å². The summed E-state index contributed by atoms with van der Waals surface area (Å²) in [4.78, 5) is 0. The Balaban J connectivity index is 2.10. The van der Waals surface area contributed by atoms with Crippen LogP contribution in [0, 0.1) is 5.41 Å². The molecule has 2 nitrogen and oxygen atoms in total. The first-order valence-corrected chi connectivity index (χ1v) is 7.54. The smallest absolute Gasteiger partial charge is 0.125 e. The highest BCUT2D eigenvalue weighted by molar-refractivity contribution is 6.30. The summed E-state index contributed by atoms with van der Waals surface area (Å²) >= 11 is 6.21. The standard InChI is InChI=1S/C16H24ClNO/c1-4-6-18-11-16(2,3)10-13-9-14(17)8-12-5-7-19-15(12)13/h8-9,18H,4-7,10-11H2,1-3H3. The lowest BCUT2D eigenvalue weighted by molar-refractivity contribution is 0.321. The van der Waals surface area contributed by atoms with E-state index in [1.807, 2.05) is 6.07 Å². The van der Waals surface area contributed by atoms with Crippen molar-refractivity contribution in [3.05, 3.63) is 28.3 Å². The van der Waals surface area contributed by atoms with E-state index in [1.54, 1.807) is 0 Å². The molecule has 2 rings (SSSR count). The summed E-state index contributed by atoms with van der Waals surface area (Å²) in [5, 5.41) is 4.33. The zero-order valence-electron chi connectivity index (χ0n) is 12.2. The number of ether oxygens (including phenoxy) is 1. The van der Waals surface area contributed by atoms with Crippen LogP contribution in [-0.4, -0.2) is 19.7 Å². The van der Waals surface area contributed by atoms with Crippen LogP contribution in [-0.2, 0) is 12.8 Å². The Morgan fingerprint density at radius 1 is 1.37 bits per heavy atom. The fourth-order valence-electron chi connectivity index (χ4n) is 2.66. The van der Waals surface area contributed by atoms with Crippen molar-refractivity contribution < 1.29 is 4.74 Å². The van der Waals surface area contributed by atoms with Crippen molar-refractivity contribution in [2.24, 2.45) is 5.41 Å². The fourth-order valence-corrected chi connectivity index (χ4v) is 2.92. The van der Waals surface area contributed by atoms with Gasteiger partial charge in [0, 0.05) is 18.0 Å². The van der Waals surface area contributed by atoms with Crippen molar-refractivity contribution in [2.75, 3.05) is 19.7 Å². The molecule has 1 aromatic rings. The molecule has 0 amide bonds. The normalized spacial score (nSPS) is 14.3. The third-order valence-corrected chi connectivity index (χ3v) is 3.74. The van der Waals surface area contributed by atoms with E-state index in [1.165, 1.54) is 17.5 Å². The van der Waals surface area contributed by atoms with Crippen molar-refractivity contribution in [1.82, 2.24) is 5.32 Å². The second-order valence-corrected chi connectivity index (χ2v) is 6.61. The van der Waals surface area contributed by atoms with E-state index in [0.717, 1.165) is 43.3 Å². The number of halogens is 1. The van der Waals surface area contributed by atoms with Gasteiger partial charge in [0.05, 0.1) is 6.61 Å². The second kappa shape index (κ2) is 6.15. The summed E-state index contributed by atoms with van der Waals surface area (Å²) in [5.41, 5.74) is 2.72. The van der Waals surface area contributed by atoms with Crippen molar-refractivity contribution in [1.29, 1.82) is 0 Å². The van der Waals surface area contributed by atoms with Crippen molar-refractivity contribution in [3.63, 3.8) is 0 Å². The minimum atomic E-state index is 0.208. The molecule has 0 aromatic heterocycles. The SMILES string of the molecule is CCCNCC(C)(C)Cc1cc(Cl)cc2c1OCC2. The first-order valence-electron chi connectivity index (χ1n) is 7.16. The number of fused-ring (bicyclic) bond motifs is 1. The third kappa shape index (κ3) is 3.87. The quantitative estimate of drug-likeness (QED) is 0.800. The number of benzene rings is 1. The van der Waals surface area contributed by atoms with Gasteiger partial charge in [0.2, 0.25) is 0 Å². The van der Waals surface area contributed by atoms with Gasteiger partial charge in [0.1, 0.15) is 5.75 Å². The Hall–Kier alpha value is -0.730. The van der Waals surface area contributed by atoms with Gasteiger partial charge >= 0.3 is 0 Å². The van der Waals surface area contributed by atoms with E-state index in [2.05, 4.69) is 32.2 Å². The zero-order valence-corrected chi connectivity index (χ0v) is 12.9. The molecule has 0 saturated heterocycles. The summed E-state index contributed by atoms with van der Waals surface area (Å²) in [5.74, 6) is 1.08. The predicted molar refractivity (Wildman–Crippen MR) is 81.3 cm³/mol. The lowest BCUT2D eigenvalue weighted by Gasteiger charge is -2.26. The van der Waals surface area contributed by atoms with Crippen molar-refractivity contribution >= 4 is 11.6 Å². The second-order valence-electron chi connectivity index (χ2n) is 6.17. The van der Waals surface area contributed by atoms with Gasteiger partial charge in [-0.05, 0) is 48.1 Å². The molecule has 1 aliphatic heterocycles. The van der Waals surface area contributed by atoms with Crippen LogP contribution in [0.3, 0.4) is 0 Å². The molecule has 0 saturated carbocycles. The molecular formula is C16H24ClNO. The molecule has 0 atom stereocenters. The largest absolute Gasteiger partial charge is 0.493 e. The third-order valence-electron chi connectivity index (χ3n) is 3.52. The van der Waals surface area contributed by atoms with Crippen LogP contribution in [0.1, 0.15) is 38.3 Å². The molecule has 0 bridgehead atoms. The van der Waals surface area contributed by atoms with E-state index in [-0.39, 0.29) is 5.41 Å². The first-order chi connectivity index (χ1) is 9.02. The van der Waals surface area contributed by atoms with Crippen molar-refractivity contribution in [2.45, 2.75) is 40.0 Å². The molecule has 0 radical (unpaired) electrons. The number of hydrogen-bond acceptors (Lipinski definition) is 2. The molecule has 0 fully saturated rings. The first kappa shape index (κ1) is 14.7. The molecular weight excluding hydrogens is 258 g/mol.